The number of para-hydroxylation sites is 1. The maximum absolute atomic E-state index is 13.6. The Labute approximate surface area is 194 Å². The van der Waals surface area contributed by atoms with Crippen LogP contribution >= 0.6 is 0 Å². The Bertz CT molecular complexity index is 960. The molecule has 0 radical (unpaired) electrons. The summed E-state index contributed by atoms with van der Waals surface area (Å²) >= 11 is 0. The molecule has 4 rings (SSSR count). The first-order chi connectivity index (χ1) is 16.0. The monoisotopic (exact) mass is 452 g/mol. The van der Waals surface area contributed by atoms with Crippen LogP contribution in [0, 0.1) is 5.41 Å². The highest BCUT2D eigenvalue weighted by atomic mass is 16.5. The van der Waals surface area contributed by atoms with Crippen molar-refractivity contribution in [3.8, 4) is 11.6 Å². The summed E-state index contributed by atoms with van der Waals surface area (Å²) in [5.41, 5.74) is 0.335. The minimum absolute atomic E-state index is 0.0152. The third-order valence-corrected chi connectivity index (χ3v) is 6.75. The summed E-state index contributed by atoms with van der Waals surface area (Å²) in [6.45, 7) is 4.63. The molecule has 0 spiro atoms. The summed E-state index contributed by atoms with van der Waals surface area (Å²) in [5, 5.41) is 0. The fraction of sp³-hybridized carbons (Fsp3) is 0.520. The van der Waals surface area contributed by atoms with Crippen LogP contribution < -0.4 is 4.74 Å². The Morgan fingerprint density at radius 3 is 2.52 bits per heavy atom. The van der Waals surface area contributed by atoms with Gasteiger partial charge in [0.05, 0.1) is 0 Å². The van der Waals surface area contributed by atoms with Gasteiger partial charge < -0.3 is 19.3 Å². The lowest BCUT2D eigenvalue weighted by Crippen LogP contribution is -2.52. The third kappa shape index (κ3) is 5.33. The molecule has 8 heteroatoms. The van der Waals surface area contributed by atoms with Gasteiger partial charge >= 0.3 is 0 Å². The van der Waals surface area contributed by atoms with E-state index in [1.807, 2.05) is 42.2 Å². The van der Waals surface area contributed by atoms with Crippen molar-refractivity contribution in [2.45, 2.75) is 38.5 Å². The molecule has 176 valence electrons. The quantitative estimate of drug-likeness (QED) is 0.669. The van der Waals surface area contributed by atoms with Gasteiger partial charge in [-0.3, -0.25) is 14.6 Å². The Morgan fingerprint density at radius 2 is 1.79 bits per heavy atom. The van der Waals surface area contributed by atoms with Gasteiger partial charge in [0.2, 0.25) is 17.7 Å². The van der Waals surface area contributed by atoms with Crippen LogP contribution in [0.1, 0.15) is 44.2 Å². The zero-order valence-corrected chi connectivity index (χ0v) is 19.4. The first-order valence-corrected chi connectivity index (χ1v) is 11.6. The zero-order valence-electron chi connectivity index (χ0n) is 19.4. The number of hydrogen-bond donors (Lipinski definition) is 0. The van der Waals surface area contributed by atoms with Crippen molar-refractivity contribution in [2.24, 2.45) is 5.41 Å². The van der Waals surface area contributed by atoms with Crippen molar-refractivity contribution in [1.29, 1.82) is 0 Å². The number of aromatic nitrogens is 2. The second-order valence-corrected chi connectivity index (χ2v) is 9.13. The van der Waals surface area contributed by atoms with Crippen molar-refractivity contribution in [3.05, 3.63) is 48.4 Å². The molecule has 1 atom stereocenters. The summed E-state index contributed by atoms with van der Waals surface area (Å²) in [7, 11) is 1.52. The number of methoxy groups -OCH3 is 1. The molecule has 33 heavy (non-hydrogen) atoms. The molecule has 0 aliphatic carbocycles. The standard InChI is InChI=1S/C25H32N4O4/c1-25(10-15-28(16-11-25)21(30)18-32-2)24(31)29-14-6-7-19(17-29)22-23(27-13-12-26-22)33-20-8-4-3-5-9-20/h3-5,8-9,12-13,19H,6-7,10-11,14-18H2,1-2H3/t19-/m0/s1. The summed E-state index contributed by atoms with van der Waals surface area (Å²) in [6, 6.07) is 9.55. The predicted octanol–water partition coefficient (Wildman–Crippen LogP) is 3.25. The van der Waals surface area contributed by atoms with E-state index in [9.17, 15) is 9.59 Å². The number of rotatable bonds is 6. The van der Waals surface area contributed by atoms with Crippen molar-refractivity contribution in [1.82, 2.24) is 19.8 Å². The molecule has 3 heterocycles. The predicted molar refractivity (Wildman–Crippen MR) is 123 cm³/mol. The number of carbonyl (C=O) groups is 2. The number of piperidine rings is 2. The minimum Gasteiger partial charge on any atom is -0.437 e. The molecule has 2 saturated heterocycles. The van der Waals surface area contributed by atoms with E-state index in [1.165, 1.54) is 7.11 Å². The number of benzene rings is 1. The van der Waals surface area contributed by atoms with Crippen LogP contribution in [0.3, 0.4) is 0 Å². The number of ether oxygens (including phenoxy) is 2. The highest BCUT2D eigenvalue weighted by Crippen LogP contribution is 2.37. The van der Waals surface area contributed by atoms with Gasteiger partial charge in [0.1, 0.15) is 18.1 Å². The molecule has 1 aromatic carbocycles. The van der Waals surface area contributed by atoms with E-state index in [0.717, 1.165) is 25.1 Å². The molecule has 2 fully saturated rings. The van der Waals surface area contributed by atoms with E-state index in [2.05, 4.69) is 9.97 Å². The minimum atomic E-state index is -0.461. The Hall–Kier alpha value is -3.00. The number of hydrogen-bond acceptors (Lipinski definition) is 6. The van der Waals surface area contributed by atoms with Crippen LogP contribution in [0.2, 0.25) is 0 Å². The molecular weight excluding hydrogens is 420 g/mol. The van der Waals surface area contributed by atoms with Gasteiger partial charge in [0, 0.05) is 57.0 Å². The van der Waals surface area contributed by atoms with Crippen LogP contribution in [0.5, 0.6) is 11.6 Å². The second kappa shape index (κ2) is 10.3. The fourth-order valence-electron chi connectivity index (χ4n) is 4.74. The highest BCUT2D eigenvalue weighted by Gasteiger charge is 2.42. The van der Waals surface area contributed by atoms with Crippen LogP contribution in [0.15, 0.2) is 42.7 Å². The van der Waals surface area contributed by atoms with Crippen molar-refractivity contribution < 1.29 is 19.1 Å². The van der Waals surface area contributed by atoms with Crippen LogP contribution in [-0.2, 0) is 14.3 Å². The first kappa shape index (κ1) is 23.2. The highest BCUT2D eigenvalue weighted by molar-refractivity contribution is 5.83. The van der Waals surface area contributed by atoms with Gasteiger partial charge in [0.25, 0.3) is 0 Å². The molecule has 2 amide bonds. The lowest BCUT2D eigenvalue weighted by molar-refractivity contribution is -0.149. The summed E-state index contributed by atoms with van der Waals surface area (Å²) < 4.78 is 11.0. The van der Waals surface area contributed by atoms with Crippen LogP contribution in [-0.4, -0.2) is 71.5 Å². The van der Waals surface area contributed by atoms with Gasteiger partial charge in [-0.25, -0.2) is 4.98 Å². The van der Waals surface area contributed by atoms with E-state index in [0.29, 0.717) is 44.1 Å². The fourth-order valence-corrected chi connectivity index (χ4v) is 4.74. The topological polar surface area (TPSA) is 84.9 Å². The molecule has 2 aliphatic rings. The Kier molecular flexibility index (Phi) is 7.23. The summed E-state index contributed by atoms with van der Waals surface area (Å²) in [4.78, 5) is 38.5. The van der Waals surface area contributed by atoms with Crippen LogP contribution in [0.4, 0.5) is 0 Å². The maximum Gasteiger partial charge on any atom is 0.248 e. The van der Waals surface area contributed by atoms with E-state index >= 15 is 0 Å². The zero-order chi connectivity index (χ0) is 23.3. The third-order valence-electron chi connectivity index (χ3n) is 6.75. The van der Waals surface area contributed by atoms with Crippen molar-refractivity contribution in [2.75, 3.05) is 39.9 Å². The van der Waals surface area contributed by atoms with Crippen molar-refractivity contribution >= 4 is 11.8 Å². The number of likely N-dealkylation sites (tertiary alicyclic amines) is 2. The number of nitrogens with zero attached hydrogens (tertiary/aromatic N) is 4. The lowest BCUT2D eigenvalue weighted by Gasteiger charge is -2.43. The molecule has 2 aromatic rings. The molecule has 2 aliphatic heterocycles. The Morgan fingerprint density at radius 1 is 1.06 bits per heavy atom. The maximum atomic E-state index is 13.6. The summed E-state index contributed by atoms with van der Waals surface area (Å²) in [6.07, 6.45) is 6.48. The SMILES string of the molecule is COCC(=O)N1CCC(C)(C(=O)N2CCC[C@H](c3nccnc3Oc3ccccc3)C2)CC1. The van der Waals surface area contributed by atoms with E-state index in [1.54, 1.807) is 17.3 Å². The normalized spacial score (nSPS) is 20.4. The molecule has 0 unspecified atom stereocenters. The summed E-state index contributed by atoms with van der Waals surface area (Å²) in [5.74, 6) is 1.44. The molecule has 0 N–H and O–H groups in total. The first-order valence-electron chi connectivity index (χ1n) is 11.6. The smallest absolute Gasteiger partial charge is 0.248 e. The van der Waals surface area contributed by atoms with E-state index in [-0.39, 0.29) is 24.3 Å². The van der Waals surface area contributed by atoms with Gasteiger partial charge in [-0.2, -0.15) is 0 Å². The van der Waals surface area contributed by atoms with Gasteiger partial charge in [0.15, 0.2) is 0 Å². The number of amides is 2. The lowest BCUT2D eigenvalue weighted by atomic mass is 9.78. The molecule has 8 nitrogen and oxygen atoms in total. The average molecular weight is 453 g/mol. The molecule has 0 bridgehead atoms. The van der Waals surface area contributed by atoms with Crippen molar-refractivity contribution in [3.63, 3.8) is 0 Å². The molecule has 0 saturated carbocycles. The number of carbonyl (C=O) groups excluding carboxylic acids is 2. The average Bonchev–Trinajstić information content (AvgIpc) is 2.85. The molecule has 1 aromatic heterocycles. The largest absolute Gasteiger partial charge is 0.437 e. The molecular formula is C25H32N4O4. The van der Waals surface area contributed by atoms with Gasteiger partial charge in [-0.15, -0.1) is 0 Å². The van der Waals surface area contributed by atoms with E-state index < -0.39 is 5.41 Å². The second-order valence-electron chi connectivity index (χ2n) is 9.13. The van der Waals surface area contributed by atoms with Crippen LogP contribution in [0.25, 0.3) is 0 Å². The Balaban J connectivity index is 1.43. The van der Waals surface area contributed by atoms with Gasteiger partial charge in [-0.05, 0) is 37.8 Å². The van der Waals surface area contributed by atoms with Gasteiger partial charge in [-0.1, -0.05) is 25.1 Å². The van der Waals surface area contributed by atoms with E-state index in [4.69, 9.17) is 9.47 Å².